The first kappa shape index (κ1) is 19.5. The van der Waals surface area contributed by atoms with Crippen LogP contribution in [0.15, 0.2) is 48.7 Å². The maximum absolute atomic E-state index is 12.0. The van der Waals surface area contributed by atoms with Crippen molar-refractivity contribution in [3.63, 3.8) is 0 Å². The Bertz CT molecular complexity index is 988. The number of methoxy groups -OCH3 is 2. The Morgan fingerprint density at radius 3 is 2.52 bits per heavy atom. The van der Waals surface area contributed by atoms with Gasteiger partial charge in [0.2, 0.25) is 0 Å². The lowest BCUT2D eigenvalue weighted by Crippen LogP contribution is -2.42. The van der Waals surface area contributed by atoms with Crippen LogP contribution in [0.1, 0.15) is 36.4 Å². The van der Waals surface area contributed by atoms with Gasteiger partial charge in [0.1, 0.15) is 17.8 Å². The second kappa shape index (κ2) is 8.29. The first-order valence-electron chi connectivity index (χ1n) is 10.1. The molecule has 1 aliphatic rings. The third-order valence-electron chi connectivity index (χ3n) is 6.07. The fourth-order valence-electron chi connectivity index (χ4n) is 4.62. The van der Waals surface area contributed by atoms with E-state index in [0.29, 0.717) is 6.54 Å². The molecule has 29 heavy (non-hydrogen) atoms. The summed E-state index contributed by atoms with van der Waals surface area (Å²) in [6, 6.07) is 14.5. The predicted molar refractivity (Wildman–Crippen MR) is 114 cm³/mol. The topological polar surface area (TPSA) is 43.7 Å². The van der Waals surface area contributed by atoms with E-state index in [2.05, 4.69) is 47.0 Å². The van der Waals surface area contributed by atoms with Crippen LogP contribution in [-0.4, -0.2) is 36.0 Å². The van der Waals surface area contributed by atoms with Gasteiger partial charge in [0.15, 0.2) is 0 Å². The zero-order valence-corrected chi connectivity index (χ0v) is 17.3. The van der Waals surface area contributed by atoms with Gasteiger partial charge in [0, 0.05) is 31.3 Å². The van der Waals surface area contributed by atoms with E-state index in [4.69, 9.17) is 9.47 Å². The molecule has 2 unspecified atom stereocenters. The number of fused-ring (bicyclic) bond motifs is 1. The average Bonchev–Trinajstić information content (AvgIpc) is 3.13. The number of carbonyl (C=O) groups excluding carboxylic acids is 1. The highest BCUT2D eigenvalue weighted by atomic mass is 16.5. The van der Waals surface area contributed by atoms with E-state index in [0.717, 1.165) is 42.6 Å². The first-order valence-corrected chi connectivity index (χ1v) is 10.1. The maximum Gasteiger partial charge on any atom is 0.137 e. The molecule has 3 aromatic rings. The number of hydrogen-bond donors (Lipinski definition) is 0. The molecule has 0 aliphatic carbocycles. The Balaban J connectivity index is 1.73. The summed E-state index contributed by atoms with van der Waals surface area (Å²) >= 11 is 0. The summed E-state index contributed by atoms with van der Waals surface area (Å²) in [5.74, 6) is 1.62. The highest BCUT2D eigenvalue weighted by Gasteiger charge is 2.34. The molecule has 1 saturated heterocycles. The predicted octanol–water partition coefficient (Wildman–Crippen LogP) is 4.49. The Labute approximate surface area is 171 Å². The van der Waals surface area contributed by atoms with Crippen LogP contribution in [0, 0.1) is 0 Å². The lowest BCUT2D eigenvalue weighted by Gasteiger charge is -2.41. The maximum atomic E-state index is 12.0. The number of rotatable bonds is 6. The largest absolute Gasteiger partial charge is 0.496 e. The van der Waals surface area contributed by atoms with E-state index in [1.807, 2.05) is 18.2 Å². The minimum Gasteiger partial charge on any atom is -0.496 e. The second-order valence-corrected chi connectivity index (χ2v) is 7.72. The van der Waals surface area contributed by atoms with Gasteiger partial charge in [0.05, 0.1) is 25.8 Å². The Morgan fingerprint density at radius 2 is 1.83 bits per heavy atom. The van der Waals surface area contributed by atoms with Gasteiger partial charge in [0.25, 0.3) is 0 Å². The molecule has 2 heterocycles. The van der Waals surface area contributed by atoms with Gasteiger partial charge >= 0.3 is 0 Å². The summed E-state index contributed by atoms with van der Waals surface area (Å²) in [5.41, 5.74) is 3.45. The molecular formula is C24H28N2O3. The molecule has 1 fully saturated rings. The molecule has 4 rings (SSSR count). The monoisotopic (exact) mass is 392 g/mol. The van der Waals surface area contributed by atoms with E-state index in [-0.39, 0.29) is 12.1 Å². The fourth-order valence-corrected chi connectivity index (χ4v) is 4.62. The number of ether oxygens (including phenoxy) is 2. The number of likely N-dealkylation sites (tertiary alicyclic amines) is 1. The van der Waals surface area contributed by atoms with Crippen molar-refractivity contribution < 1.29 is 14.3 Å². The van der Waals surface area contributed by atoms with E-state index in [1.165, 1.54) is 16.5 Å². The van der Waals surface area contributed by atoms with Crippen molar-refractivity contribution in [2.45, 2.75) is 37.9 Å². The number of carbonyl (C=O) groups is 1. The van der Waals surface area contributed by atoms with Crippen molar-refractivity contribution in [1.82, 2.24) is 9.47 Å². The summed E-state index contributed by atoms with van der Waals surface area (Å²) < 4.78 is 13.5. The molecule has 0 radical (unpaired) electrons. The van der Waals surface area contributed by atoms with E-state index >= 15 is 0 Å². The number of hydrogen-bond acceptors (Lipinski definition) is 4. The van der Waals surface area contributed by atoms with Gasteiger partial charge in [-0.2, -0.15) is 0 Å². The highest BCUT2D eigenvalue weighted by Crippen LogP contribution is 2.43. The van der Waals surface area contributed by atoms with Crippen molar-refractivity contribution in [2.75, 3.05) is 14.2 Å². The molecule has 1 aromatic heterocycles. The molecule has 152 valence electrons. The molecule has 2 aromatic carbocycles. The molecule has 2 atom stereocenters. The summed E-state index contributed by atoms with van der Waals surface area (Å²) in [6.45, 7) is 0.708. The number of aldehydes is 1. The Kier molecular flexibility index (Phi) is 5.58. The molecule has 0 N–H and O–H groups in total. The Morgan fingerprint density at radius 1 is 1.07 bits per heavy atom. The minimum absolute atomic E-state index is 0.0662. The van der Waals surface area contributed by atoms with E-state index in [1.54, 1.807) is 14.2 Å². The van der Waals surface area contributed by atoms with Crippen molar-refractivity contribution in [3.05, 3.63) is 59.8 Å². The van der Waals surface area contributed by atoms with E-state index in [9.17, 15) is 4.79 Å². The SMILES string of the molecule is COc1cccc(OC)c1C1CCCC(C=O)N1Cc1ccc2c(ccn2C)c1. The van der Waals surface area contributed by atoms with Crippen molar-refractivity contribution >= 4 is 17.2 Å². The number of nitrogens with zero attached hydrogens (tertiary/aromatic N) is 2. The van der Waals surface area contributed by atoms with Crippen molar-refractivity contribution in [1.29, 1.82) is 0 Å². The van der Waals surface area contributed by atoms with Gasteiger partial charge in [-0.15, -0.1) is 0 Å². The Hall–Kier alpha value is -2.79. The molecule has 5 nitrogen and oxygen atoms in total. The number of piperidine rings is 1. The number of aromatic nitrogens is 1. The normalized spacial score (nSPS) is 20.0. The summed E-state index contributed by atoms with van der Waals surface area (Å²) in [7, 11) is 5.43. The van der Waals surface area contributed by atoms with Gasteiger partial charge in [-0.25, -0.2) is 0 Å². The molecule has 0 bridgehead atoms. The third kappa shape index (κ3) is 3.62. The van der Waals surface area contributed by atoms with Crippen LogP contribution in [0.4, 0.5) is 0 Å². The zero-order chi connectivity index (χ0) is 20.4. The van der Waals surface area contributed by atoms with Crippen LogP contribution in [0.25, 0.3) is 10.9 Å². The fraction of sp³-hybridized carbons (Fsp3) is 0.375. The lowest BCUT2D eigenvalue weighted by atomic mass is 9.89. The lowest BCUT2D eigenvalue weighted by molar-refractivity contribution is -0.115. The van der Waals surface area contributed by atoms with Crippen molar-refractivity contribution in [2.24, 2.45) is 7.05 Å². The summed E-state index contributed by atoms with van der Waals surface area (Å²) in [6.07, 6.45) is 6.02. The summed E-state index contributed by atoms with van der Waals surface area (Å²) in [5, 5.41) is 1.22. The van der Waals surface area contributed by atoms with Crippen LogP contribution in [0.5, 0.6) is 11.5 Å². The van der Waals surface area contributed by atoms with Gasteiger partial charge in [-0.3, -0.25) is 4.90 Å². The first-order chi connectivity index (χ1) is 14.2. The van der Waals surface area contributed by atoms with Gasteiger partial charge < -0.3 is 18.8 Å². The second-order valence-electron chi connectivity index (χ2n) is 7.72. The van der Waals surface area contributed by atoms with Gasteiger partial charge in [-0.1, -0.05) is 12.1 Å². The molecule has 5 heteroatoms. The molecule has 0 amide bonds. The smallest absolute Gasteiger partial charge is 0.137 e. The zero-order valence-electron chi connectivity index (χ0n) is 17.3. The highest BCUT2D eigenvalue weighted by molar-refractivity contribution is 5.80. The minimum atomic E-state index is -0.116. The standard InChI is InChI=1S/C24H28N2O3/c1-25-13-12-18-14-17(10-11-20(18)25)15-26-19(16-27)6-4-7-21(26)24-22(28-2)8-5-9-23(24)29-3/h5,8-14,16,19,21H,4,6-7,15H2,1-3H3. The summed E-state index contributed by atoms with van der Waals surface area (Å²) in [4.78, 5) is 14.3. The average molecular weight is 392 g/mol. The van der Waals surface area contributed by atoms with Gasteiger partial charge in [-0.05, 0) is 60.5 Å². The quantitative estimate of drug-likeness (QED) is 0.580. The van der Waals surface area contributed by atoms with Crippen molar-refractivity contribution in [3.8, 4) is 11.5 Å². The van der Waals surface area contributed by atoms with Crippen LogP contribution < -0.4 is 9.47 Å². The molecule has 1 aliphatic heterocycles. The van der Waals surface area contributed by atoms with E-state index < -0.39 is 0 Å². The molecule has 0 spiro atoms. The van der Waals surface area contributed by atoms with Crippen LogP contribution >= 0.6 is 0 Å². The van der Waals surface area contributed by atoms with Crippen LogP contribution in [0.2, 0.25) is 0 Å². The van der Waals surface area contributed by atoms with Crippen LogP contribution in [0.3, 0.4) is 0 Å². The third-order valence-corrected chi connectivity index (χ3v) is 6.07. The molecule has 0 saturated carbocycles. The molecular weight excluding hydrogens is 364 g/mol. The van der Waals surface area contributed by atoms with Crippen LogP contribution in [-0.2, 0) is 18.4 Å². The number of aryl methyl sites for hydroxylation is 1. The number of benzene rings is 2.